The zero-order valence-corrected chi connectivity index (χ0v) is 24.2. The van der Waals surface area contributed by atoms with Gasteiger partial charge < -0.3 is 10.0 Å². The van der Waals surface area contributed by atoms with Crippen LogP contribution in [-0.4, -0.2) is 108 Å². The molecule has 2 aliphatic heterocycles. The first-order valence-corrected chi connectivity index (χ1v) is 14.7. The van der Waals surface area contributed by atoms with Gasteiger partial charge in [0.2, 0.25) is 0 Å². The fourth-order valence-corrected chi connectivity index (χ4v) is 6.23. The molecule has 6 rings (SSSR count). The van der Waals surface area contributed by atoms with Gasteiger partial charge in [-0.05, 0) is 61.6 Å². The maximum absolute atomic E-state index is 13.2. The van der Waals surface area contributed by atoms with E-state index < -0.39 is 0 Å². The summed E-state index contributed by atoms with van der Waals surface area (Å²) in [7, 11) is 1.95. The topological polar surface area (TPSA) is 101 Å². The third-order valence-corrected chi connectivity index (χ3v) is 8.49. The second-order valence-electron chi connectivity index (χ2n) is 11.2. The molecule has 0 aliphatic carbocycles. The van der Waals surface area contributed by atoms with Crippen LogP contribution in [0.3, 0.4) is 0 Å². The maximum Gasteiger partial charge on any atom is 0.261 e. The standard InChI is InChI=1S/C34H34N4O5/c1-35(17-19-37-31(40)25-11-2-7-23-8-3-12-26(29(23)25)32(37)41)15-6-16-36(21-22-39)18-20-38-33(42)27-13-4-9-24-10-5-14-28(30(24)27)34(38)43/h2-5,7-14,39H,6,15-22H2,1H3. The van der Waals surface area contributed by atoms with Crippen LogP contribution >= 0.6 is 0 Å². The number of benzene rings is 4. The van der Waals surface area contributed by atoms with Crippen molar-refractivity contribution in [1.29, 1.82) is 0 Å². The van der Waals surface area contributed by atoms with Gasteiger partial charge >= 0.3 is 0 Å². The van der Waals surface area contributed by atoms with Gasteiger partial charge in [0.25, 0.3) is 23.6 Å². The van der Waals surface area contributed by atoms with E-state index in [1.807, 2.05) is 60.5 Å². The van der Waals surface area contributed by atoms with Crippen molar-refractivity contribution in [3.8, 4) is 0 Å². The molecule has 0 spiro atoms. The van der Waals surface area contributed by atoms with Crippen molar-refractivity contribution in [3.63, 3.8) is 0 Å². The summed E-state index contributed by atoms with van der Waals surface area (Å²) >= 11 is 0. The van der Waals surface area contributed by atoms with Crippen LogP contribution in [0.1, 0.15) is 47.9 Å². The number of likely N-dealkylation sites (N-methyl/N-ethyl adjacent to an activating group) is 1. The van der Waals surface area contributed by atoms with Gasteiger partial charge in [-0.2, -0.15) is 0 Å². The average Bonchev–Trinajstić information content (AvgIpc) is 3.02. The van der Waals surface area contributed by atoms with Crippen molar-refractivity contribution < 1.29 is 24.3 Å². The SMILES string of the molecule is CN(CCCN(CCO)CCN1C(=O)c2cccc3cccc(c23)C1=O)CCN1C(=O)c2cccc3cccc(c23)C1=O. The molecular weight excluding hydrogens is 544 g/mol. The monoisotopic (exact) mass is 578 g/mol. The number of aliphatic hydroxyl groups is 1. The van der Waals surface area contributed by atoms with Crippen molar-refractivity contribution in [2.45, 2.75) is 6.42 Å². The van der Waals surface area contributed by atoms with Gasteiger partial charge in [-0.15, -0.1) is 0 Å². The Kier molecular flexibility index (Phi) is 8.03. The third-order valence-electron chi connectivity index (χ3n) is 8.49. The molecule has 9 heteroatoms. The lowest BCUT2D eigenvalue weighted by atomic mass is 9.94. The summed E-state index contributed by atoms with van der Waals surface area (Å²) in [4.78, 5) is 59.6. The molecule has 2 heterocycles. The summed E-state index contributed by atoms with van der Waals surface area (Å²) in [5.41, 5.74) is 2.18. The largest absolute Gasteiger partial charge is 0.395 e. The number of aliphatic hydroxyl groups excluding tert-OH is 1. The van der Waals surface area contributed by atoms with Crippen LogP contribution in [0.2, 0.25) is 0 Å². The number of nitrogens with zero attached hydrogens (tertiary/aromatic N) is 4. The van der Waals surface area contributed by atoms with Crippen molar-refractivity contribution in [2.75, 3.05) is 59.5 Å². The van der Waals surface area contributed by atoms with E-state index in [1.165, 1.54) is 9.80 Å². The van der Waals surface area contributed by atoms with Gasteiger partial charge in [0.1, 0.15) is 0 Å². The Morgan fingerprint density at radius 2 is 0.977 bits per heavy atom. The van der Waals surface area contributed by atoms with Gasteiger partial charge in [0, 0.05) is 65.8 Å². The lowest BCUT2D eigenvalue weighted by Gasteiger charge is -2.30. The average molecular weight is 579 g/mol. The molecule has 1 N–H and O–H groups in total. The van der Waals surface area contributed by atoms with Gasteiger partial charge in [0.05, 0.1) is 6.61 Å². The molecule has 4 aromatic carbocycles. The van der Waals surface area contributed by atoms with E-state index in [0.29, 0.717) is 60.4 Å². The molecule has 0 atom stereocenters. The molecule has 0 fully saturated rings. The first kappa shape index (κ1) is 28.7. The van der Waals surface area contributed by atoms with Gasteiger partial charge in [-0.3, -0.25) is 33.9 Å². The van der Waals surface area contributed by atoms with Crippen LogP contribution in [0.4, 0.5) is 0 Å². The van der Waals surface area contributed by atoms with Crippen LogP contribution in [-0.2, 0) is 0 Å². The molecule has 2 aliphatic rings. The quantitative estimate of drug-likeness (QED) is 0.257. The summed E-state index contributed by atoms with van der Waals surface area (Å²) in [5.74, 6) is -1.12. The first-order valence-electron chi connectivity index (χ1n) is 14.7. The van der Waals surface area contributed by atoms with E-state index >= 15 is 0 Å². The zero-order chi connectivity index (χ0) is 30.1. The van der Waals surface area contributed by atoms with Gasteiger partial charge in [-0.25, -0.2) is 0 Å². The lowest BCUT2D eigenvalue weighted by molar-refractivity contribution is 0.0581. The minimum Gasteiger partial charge on any atom is -0.395 e. The Hall–Kier alpha value is -4.44. The Morgan fingerprint density at radius 3 is 1.40 bits per heavy atom. The molecule has 0 unspecified atom stereocenters. The number of rotatable bonds is 12. The Morgan fingerprint density at radius 1 is 0.558 bits per heavy atom. The first-order chi connectivity index (χ1) is 20.9. The summed E-state index contributed by atoms with van der Waals surface area (Å²) in [6.45, 7) is 3.24. The second kappa shape index (κ2) is 12.0. The summed E-state index contributed by atoms with van der Waals surface area (Å²) < 4.78 is 0. The minimum absolute atomic E-state index is 0.0344. The predicted molar refractivity (Wildman–Crippen MR) is 164 cm³/mol. The van der Waals surface area contributed by atoms with Crippen LogP contribution in [0.15, 0.2) is 72.8 Å². The summed E-state index contributed by atoms with van der Waals surface area (Å²) in [6, 6.07) is 22.0. The van der Waals surface area contributed by atoms with Crippen molar-refractivity contribution >= 4 is 45.2 Å². The predicted octanol–water partition coefficient (Wildman–Crippen LogP) is 3.50. The highest BCUT2D eigenvalue weighted by Gasteiger charge is 2.33. The number of carbonyl (C=O) groups excluding carboxylic acids is 4. The maximum atomic E-state index is 13.2. The van der Waals surface area contributed by atoms with Crippen LogP contribution < -0.4 is 0 Å². The van der Waals surface area contributed by atoms with Gasteiger partial charge in [-0.1, -0.05) is 48.5 Å². The highest BCUT2D eigenvalue weighted by molar-refractivity contribution is 6.26. The number of amides is 4. The molecule has 9 nitrogen and oxygen atoms in total. The highest BCUT2D eigenvalue weighted by Crippen LogP contribution is 2.31. The van der Waals surface area contributed by atoms with E-state index in [9.17, 15) is 24.3 Å². The number of carbonyl (C=O) groups is 4. The number of hydrogen-bond acceptors (Lipinski definition) is 7. The molecular formula is C34H34N4O5. The molecule has 43 heavy (non-hydrogen) atoms. The molecule has 4 amide bonds. The molecule has 0 aromatic heterocycles. The van der Waals surface area contributed by atoms with E-state index in [0.717, 1.165) is 22.6 Å². The van der Waals surface area contributed by atoms with Crippen molar-refractivity contribution in [1.82, 2.24) is 19.6 Å². The third kappa shape index (κ3) is 5.31. The second-order valence-corrected chi connectivity index (χ2v) is 11.2. The molecule has 0 bridgehead atoms. The number of hydrogen-bond donors (Lipinski definition) is 1. The van der Waals surface area contributed by atoms with E-state index in [4.69, 9.17) is 0 Å². The van der Waals surface area contributed by atoms with E-state index in [1.54, 1.807) is 24.3 Å². The fraction of sp³-hybridized carbons (Fsp3) is 0.294. The fourth-order valence-electron chi connectivity index (χ4n) is 6.23. The van der Waals surface area contributed by atoms with Crippen molar-refractivity contribution in [3.05, 3.63) is 95.1 Å². The summed E-state index contributed by atoms with van der Waals surface area (Å²) in [6.07, 6.45) is 0.768. The van der Waals surface area contributed by atoms with Crippen molar-refractivity contribution in [2.24, 2.45) is 0 Å². The van der Waals surface area contributed by atoms with Crippen LogP contribution in [0.25, 0.3) is 21.5 Å². The molecule has 4 aromatic rings. The highest BCUT2D eigenvalue weighted by atomic mass is 16.3. The van der Waals surface area contributed by atoms with E-state index in [2.05, 4.69) is 4.90 Å². The van der Waals surface area contributed by atoms with Crippen LogP contribution in [0, 0.1) is 0 Å². The minimum atomic E-state index is -0.293. The molecule has 220 valence electrons. The lowest BCUT2D eigenvalue weighted by Crippen LogP contribution is -2.45. The van der Waals surface area contributed by atoms with Crippen LogP contribution in [0.5, 0.6) is 0 Å². The zero-order valence-electron chi connectivity index (χ0n) is 24.2. The van der Waals surface area contributed by atoms with Gasteiger partial charge in [0.15, 0.2) is 0 Å². The van der Waals surface area contributed by atoms with E-state index in [-0.39, 0.29) is 43.3 Å². The summed E-state index contributed by atoms with van der Waals surface area (Å²) in [5, 5.41) is 12.8. The Bertz CT molecular complexity index is 1650. The number of imide groups is 2. The Balaban J connectivity index is 1.02. The smallest absolute Gasteiger partial charge is 0.261 e. The molecule has 0 saturated heterocycles. The Labute approximate surface area is 249 Å². The molecule has 0 radical (unpaired) electrons. The normalized spacial score (nSPS) is 14.7. The molecule has 0 saturated carbocycles.